The van der Waals surface area contributed by atoms with Crippen molar-refractivity contribution in [2.45, 2.75) is 6.42 Å². The van der Waals surface area contributed by atoms with Crippen molar-refractivity contribution in [1.29, 1.82) is 0 Å². The quantitative estimate of drug-likeness (QED) is 0.613. The number of amides is 2. The van der Waals surface area contributed by atoms with E-state index in [0.29, 0.717) is 22.2 Å². The standard InChI is InChI=1S/C21H20ClN3O3S/c1-25(2)20(27)12-28-16-9-7-14(8-10-16)23-19(26)11-15-13-29-21(24-15)17-5-3-4-6-18(17)22/h3-10,13H,11-12H2,1-2H3,(H,23,26). The second kappa shape index (κ2) is 9.54. The molecule has 2 aromatic carbocycles. The van der Waals surface area contributed by atoms with Gasteiger partial charge in [-0.15, -0.1) is 11.3 Å². The Bertz CT molecular complexity index is 1000. The van der Waals surface area contributed by atoms with E-state index in [1.165, 1.54) is 16.2 Å². The van der Waals surface area contributed by atoms with Gasteiger partial charge in [0.1, 0.15) is 10.8 Å². The first kappa shape index (κ1) is 20.8. The van der Waals surface area contributed by atoms with Crippen LogP contribution in [0.15, 0.2) is 53.9 Å². The summed E-state index contributed by atoms with van der Waals surface area (Å²) in [6, 6.07) is 14.3. The molecule has 6 nitrogen and oxygen atoms in total. The number of carbonyl (C=O) groups is 2. The van der Waals surface area contributed by atoms with Crippen LogP contribution < -0.4 is 10.1 Å². The van der Waals surface area contributed by atoms with Crippen molar-refractivity contribution in [2.75, 3.05) is 26.0 Å². The fourth-order valence-electron chi connectivity index (χ4n) is 2.42. The normalized spacial score (nSPS) is 10.4. The maximum atomic E-state index is 12.3. The van der Waals surface area contributed by atoms with E-state index in [4.69, 9.17) is 16.3 Å². The second-order valence-corrected chi connectivity index (χ2v) is 7.72. The van der Waals surface area contributed by atoms with Crippen molar-refractivity contribution >= 4 is 40.4 Å². The zero-order valence-corrected chi connectivity index (χ0v) is 17.6. The number of thiazole rings is 1. The van der Waals surface area contributed by atoms with E-state index in [-0.39, 0.29) is 24.8 Å². The minimum atomic E-state index is -0.169. The van der Waals surface area contributed by atoms with Crippen LogP contribution >= 0.6 is 22.9 Å². The average Bonchev–Trinajstić information content (AvgIpc) is 3.15. The lowest BCUT2D eigenvalue weighted by Crippen LogP contribution is -2.27. The highest BCUT2D eigenvalue weighted by molar-refractivity contribution is 7.13. The van der Waals surface area contributed by atoms with Crippen LogP contribution in [-0.4, -0.2) is 42.4 Å². The lowest BCUT2D eigenvalue weighted by atomic mass is 10.2. The van der Waals surface area contributed by atoms with Crippen molar-refractivity contribution in [3.05, 3.63) is 64.6 Å². The molecule has 0 fully saturated rings. The zero-order valence-electron chi connectivity index (χ0n) is 16.0. The van der Waals surface area contributed by atoms with E-state index in [2.05, 4.69) is 10.3 Å². The number of hydrogen-bond acceptors (Lipinski definition) is 5. The van der Waals surface area contributed by atoms with Gasteiger partial charge < -0.3 is 15.0 Å². The van der Waals surface area contributed by atoms with Gasteiger partial charge in [0.05, 0.1) is 17.1 Å². The van der Waals surface area contributed by atoms with Crippen LogP contribution in [0.2, 0.25) is 5.02 Å². The number of benzene rings is 2. The lowest BCUT2D eigenvalue weighted by molar-refractivity contribution is -0.130. The maximum Gasteiger partial charge on any atom is 0.259 e. The number of rotatable bonds is 7. The Morgan fingerprint density at radius 3 is 2.55 bits per heavy atom. The maximum absolute atomic E-state index is 12.3. The molecule has 3 aromatic rings. The molecule has 1 N–H and O–H groups in total. The molecule has 0 aliphatic rings. The highest BCUT2D eigenvalue weighted by atomic mass is 35.5. The van der Waals surface area contributed by atoms with E-state index in [0.717, 1.165) is 10.6 Å². The molecule has 29 heavy (non-hydrogen) atoms. The molecule has 0 bridgehead atoms. The molecule has 3 rings (SSSR count). The topological polar surface area (TPSA) is 71.5 Å². The predicted molar refractivity (Wildman–Crippen MR) is 116 cm³/mol. The Kier molecular flexibility index (Phi) is 6.85. The third-order valence-corrected chi connectivity index (χ3v) is 5.25. The minimum absolute atomic E-state index is 0.0315. The fraction of sp³-hybridized carbons (Fsp3) is 0.190. The average molecular weight is 430 g/mol. The molecule has 0 spiro atoms. The van der Waals surface area contributed by atoms with Crippen LogP contribution in [0.4, 0.5) is 5.69 Å². The second-order valence-electron chi connectivity index (χ2n) is 6.45. The molecule has 2 amide bonds. The summed E-state index contributed by atoms with van der Waals surface area (Å²) in [4.78, 5) is 29.8. The Hall–Kier alpha value is -2.90. The number of nitrogens with one attached hydrogen (secondary N) is 1. The number of halogens is 1. The summed E-state index contributed by atoms with van der Waals surface area (Å²) < 4.78 is 5.42. The van der Waals surface area contributed by atoms with Gasteiger partial charge in [0.25, 0.3) is 5.91 Å². The smallest absolute Gasteiger partial charge is 0.259 e. The summed E-state index contributed by atoms with van der Waals surface area (Å²) in [5.74, 6) is 0.265. The van der Waals surface area contributed by atoms with Crippen molar-refractivity contribution in [3.8, 4) is 16.3 Å². The van der Waals surface area contributed by atoms with Crippen molar-refractivity contribution < 1.29 is 14.3 Å². The molecule has 150 valence electrons. The largest absolute Gasteiger partial charge is 0.484 e. The molecule has 0 aliphatic heterocycles. The van der Waals surface area contributed by atoms with Gasteiger partial charge >= 0.3 is 0 Å². The summed E-state index contributed by atoms with van der Waals surface area (Å²) in [5, 5.41) is 6.10. The minimum Gasteiger partial charge on any atom is -0.484 e. The summed E-state index contributed by atoms with van der Waals surface area (Å²) in [5.41, 5.74) is 2.18. The number of aromatic nitrogens is 1. The van der Waals surface area contributed by atoms with Gasteiger partial charge in [-0.05, 0) is 30.3 Å². The summed E-state index contributed by atoms with van der Waals surface area (Å²) >= 11 is 7.66. The first-order valence-corrected chi connectivity index (χ1v) is 10.1. The van der Waals surface area contributed by atoms with E-state index < -0.39 is 0 Å². The van der Waals surface area contributed by atoms with Crippen LogP contribution in [0.1, 0.15) is 5.69 Å². The predicted octanol–water partition coefficient (Wildman–Crippen LogP) is 4.11. The molecule has 1 aromatic heterocycles. The Labute approximate surface area is 178 Å². The molecule has 0 radical (unpaired) electrons. The Balaban J connectivity index is 1.55. The Morgan fingerprint density at radius 1 is 1.14 bits per heavy atom. The van der Waals surface area contributed by atoms with Gasteiger partial charge in [0, 0.05) is 30.7 Å². The van der Waals surface area contributed by atoms with Crippen LogP contribution in [0.25, 0.3) is 10.6 Å². The number of anilines is 1. The summed E-state index contributed by atoms with van der Waals surface area (Å²) in [6.07, 6.45) is 0.163. The van der Waals surface area contributed by atoms with E-state index >= 15 is 0 Å². The number of nitrogens with zero attached hydrogens (tertiary/aromatic N) is 2. The molecular formula is C21H20ClN3O3S. The first-order chi connectivity index (χ1) is 13.9. The van der Waals surface area contributed by atoms with Gasteiger partial charge in [0.15, 0.2) is 6.61 Å². The number of ether oxygens (including phenoxy) is 1. The first-order valence-electron chi connectivity index (χ1n) is 8.84. The third kappa shape index (κ3) is 5.79. The molecule has 0 unspecified atom stereocenters. The van der Waals surface area contributed by atoms with E-state index in [1.54, 1.807) is 38.4 Å². The highest BCUT2D eigenvalue weighted by Crippen LogP contribution is 2.30. The summed E-state index contributed by atoms with van der Waals surface area (Å²) in [6.45, 7) is -0.0315. The summed E-state index contributed by atoms with van der Waals surface area (Å²) in [7, 11) is 3.34. The van der Waals surface area contributed by atoms with Crippen molar-refractivity contribution in [1.82, 2.24) is 9.88 Å². The van der Waals surface area contributed by atoms with Gasteiger partial charge in [-0.25, -0.2) is 4.98 Å². The van der Waals surface area contributed by atoms with Crippen LogP contribution in [0.5, 0.6) is 5.75 Å². The number of carbonyl (C=O) groups excluding carboxylic acids is 2. The molecule has 0 saturated carbocycles. The zero-order chi connectivity index (χ0) is 20.8. The van der Waals surface area contributed by atoms with Crippen LogP contribution in [-0.2, 0) is 16.0 Å². The monoisotopic (exact) mass is 429 g/mol. The number of hydrogen-bond donors (Lipinski definition) is 1. The van der Waals surface area contributed by atoms with Gasteiger partial charge in [-0.1, -0.05) is 29.8 Å². The highest BCUT2D eigenvalue weighted by Gasteiger charge is 2.11. The molecule has 0 aliphatic carbocycles. The molecular weight excluding hydrogens is 410 g/mol. The van der Waals surface area contributed by atoms with Gasteiger partial charge in [-0.2, -0.15) is 0 Å². The lowest BCUT2D eigenvalue weighted by Gasteiger charge is -2.11. The van der Waals surface area contributed by atoms with Gasteiger partial charge in [0.2, 0.25) is 5.91 Å². The van der Waals surface area contributed by atoms with Gasteiger partial charge in [-0.3, -0.25) is 9.59 Å². The van der Waals surface area contributed by atoms with Crippen molar-refractivity contribution in [3.63, 3.8) is 0 Å². The molecule has 0 atom stereocenters. The molecule has 0 saturated heterocycles. The third-order valence-electron chi connectivity index (χ3n) is 4.00. The van der Waals surface area contributed by atoms with Crippen LogP contribution in [0, 0.1) is 0 Å². The number of likely N-dealkylation sites (N-methyl/N-ethyl adjacent to an activating group) is 1. The molecule has 1 heterocycles. The van der Waals surface area contributed by atoms with E-state index in [9.17, 15) is 9.59 Å². The SMILES string of the molecule is CN(C)C(=O)COc1ccc(NC(=O)Cc2csc(-c3ccccc3Cl)n2)cc1. The fourth-order valence-corrected chi connectivity index (χ4v) is 3.56. The molecule has 8 heteroatoms. The van der Waals surface area contributed by atoms with Crippen LogP contribution in [0.3, 0.4) is 0 Å². The Morgan fingerprint density at radius 2 is 1.86 bits per heavy atom. The van der Waals surface area contributed by atoms with Crippen molar-refractivity contribution in [2.24, 2.45) is 0 Å². The van der Waals surface area contributed by atoms with E-state index in [1.807, 2.05) is 29.6 Å².